The van der Waals surface area contributed by atoms with E-state index in [1.165, 1.54) is 5.56 Å². The van der Waals surface area contributed by atoms with Crippen LogP contribution >= 0.6 is 11.6 Å². The first-order valence-electron chi connectivity index (χ1n) is 8.53. The maximum absolute atomic E-state index is 13.0. The minimum absolute atomic E-state index is 0.142. The molecule has 126 valence electrons. The number of ether oxygens (including phenoxy) is 1. The third-order valence-electron chi connectivity index (χ3n) is 5.26. The Kier molecular flexibility index (Phi) is 3.37. The summed E-state index contributed by atoms with van der Waals surface area (Å²) in [5, 5.41) is 5.34. The molecule has 0 saturated heterocycles. The van der Waals surface area contributed by atoms with Crippen molar-refractivity contribution in [1.82, 2.24) is 10.3 Å². The number of halogens is 1. The van der Waals surface area contributed by atoms with Gasteiger partial charge in [0.1, 0.15) is 5.76 Å². The number of rotatable bonds is 1. The summed E-state index contributed by atoms with van der Waals surface area (Å²) in [6, 6.07) is 5.70. The molecule has 3 heterocycles. The lowest BCUT2D eigenvalue weighted by atomic mass is 9.83. The van der Waals surface area contributed by atoms with E-state index in [2.05, 4.69) is 10.3 Å². The van der Waals surface area contributed by atoms with Gasteiger partial charge in [-0.05, 0) is 42.7 Å². The van der Waals surface area contributed by atoms with Gasteiger partial charge in [-0.1, -0.05) is 23.8 Å². The van der Waals surface area contributed by atoms with Crippen LogP contribution in [-0.2, 0) is 16.0 Å². The van der Waals surface area contributed by atoms with Crippen LogP contribution in [0.4, 0.5) is 0 Å². The first-order chi connectivity index (χ1) is 12.2. The molecule has 2 unspecified atom stereocenters. The van der Waals surface area contributed by atoms with Crippen LogP contribution in [0.2, 0.25) is 5.02 Å². The van der Waals surface area contributed by atoms with Crippen LogP contribution in [0.25, 0.3) is 10.9 Å². The van der Waals surface area contributed by atoms with Crippen molar-refractivity contribution >= 4 is 28.3 Å². The largest absolute Gasteiger partial charge is 0.468 e. The highest BCUT2D eigenvalue weighted by Crippen LogP contribution is 2.39. The van der Waals surface area contributed by atoms with Crippen molar-refractivity contribution in [1.29, 1.82) is 0 Å². The van der Waals surface area contributed by atoms with E-state index in [0.29, 0.717) is 12.0 Å². The molecule has 0 amide bonds. The smallest absolute Gasteiger partial charge is 0.174 e. The van der Waals surface area contributed by atoms with E-state index in [-0.39, 0.29) is 17.7 Å². The number of carbonyl (C=O) groups is 1. The summed E-state index contributed by atoms with van der Waals surface area (Å²) in [7, 11) is 0. The van der Waals surface area contributed by atoms with Crippen LogP contribution in [0.5, 0.6) is 0 Å². The fourth-order valence-electron chi connectivity index (χ4n) is 4.03. The lowest BCUT2D eigenvalue weighted by Gasteiger charge is -2.31. The number of H-pyrrole nitrogens is 1. The van der Waals surface area contributed by atoms with Crippen LogP contribution in [-0.4, -0.2) is 17.3 Å². The Labute approximate surface area is 150 Å². The summed E-state index contributed by atoms with van der Waals surface area (Å²) in [6.07, 6.45) is 9.06. The van der Waals surface area contributed by atoms with Crippen molar-refractivity contribution < 1.29 is 9.53 Å². The molecule has 2 atom stereocenters. The van der Waals surface area contributed by atoms with Crippen LogP contribution in [0.1, 0.15) is 23.7 Å². The maximum Gasteiger partial charge on any atom is 0.174 e. The van der Waals surface area contributed by atoms with E-state index in [9.17, 15) is 4.79 Å². The second-order valence-electron chi connectivity index (χ2n) is 6.69. The molecular weight excluding hydrogens is 336 g/mol. The Morgan fingerprint density at radius 3 is 3.12 bits per heavy atom. The van der Waals surface area contributed by atoms with Gasteiger partial charge in [-0.2, -0.15) is 0 Å². The lowest BCUT2D eigenvalue weighted by Crippen LogP contribution is -2.37. The standard InChI is InChI=1S/C20H17ClN2O2/c21-11-5-6-16-14(9-11)12-7-8-22-18(19(12)23-16)15-10-25-17-4-2-1-3-13(17)20(15)24/h1-2,4-6,9-10,13,18,22-23H,3,7-8H2. The van der Waals surface area contributed by atoms with Crippen LogP contribution in [0.15, 0.2) is 54.0 Å². The molecule has 3 aliphatic rings. The number of Topliss-reactive ketones (excluding diaryl/α,β-unsaturated/α-hetero) is 1. The Morgan fingerprint density at radius 1 is 1.28 bits per heavy atom. The number of allylic oxidation sites excluding steroid dienone is 4. The van der Waals surface area contributed by atoms with Gasteiger partial charge in [0.25, 0.3) is 0 Å². The molecule has 0 fully saturated rings. The topological polar surface area (TPSA) is 54.1 Å². The summed E-state index contributed by atoms with van der Waals surface area (Å²) in [5.74, 6) is 0.690. The number of nitrogens with one attached hydrogen (secondary N) is 2. The van der Waals surface area contributed by atoms with Gasteiger partial charge < -0.3 is 15.0 Å². The van der Waals surface area contributed by atoms with Gasteiger partial charge in [0.05, 0.1) is 23.8 Å². The van der Waals surface area contributed by atoms with E-state index >= 15 is 0 Å². The SMILES string of the molecule is O=C1C(C2NCCc3c2[nH]c2ccc(Cl)cc32)=COC2=CC=CCC12. The molecule has 2 aliphatic heterocycles. The highest BCUT2D eigenvalue weighted by Gasteiger charge is 2.37. The summed E-state index contributed by atoms with van der Waals surface area (Å²) < 4.78 is 5.78. The molecule has 2 aromatic rings. The van der Waals surface area contributed by atoms with E-state index in [0.717, 1.165) is 40.3 Å². The zero-order valence-electron chi connectivity index (χ0n) is 13.5. The highest BCUT2D eigenvalue weighted by molar-refractivity contribution is 6.31. The predicted octanol–water partition coefficient (Wildman–Crippen LogP) is 3.95. The molecule has 0 radical (unpaired) electrons. The van der Waals surface area contributed by atoms with Crippen LogP contribution in [0.3, 0.4) is 0 Å². The van der Waals surface area contributed by atoms with E-state index in [4.69, 9.17) is 16.3 Å². The number of benzene rings is 1. The fraction of sp³-hybridized carbons (Fsp3) is 0.250. The molecule has 0 spiro atoms. The molecule has 5 heteroatoms. The first-order valence-corrected chi connectivity index (χ1v) is 8.91. The Bertz CT molecular complexity index is 983. The molecule has 5 rings (SSSR count). The van der Waals surface area contributed by atoms with E-state index < -0.39 is 0 Å². The van der Waals surface area contributed by atoms with Gasteiger partial charge >= 0.3 is 0 Å². The number of aromatic amines is 1. The van der Waals surface area contributed by atoms with Gasteiger partial charge in [-0.3, -0.25) is 4.79 Å². The van der Waals surface area contributed by atoms with E-state index in [1.807, 2.05) is 36.4 Å². The number of hydrogen-bond acceptors (Lipinski definition) is 3. The van der Waals surface area contributed by atoms with Crippen molar-refractivity contribution in [3.63, 3.8) is 0 Å². The van der Waals surface area contributed by atoms with Gasteiger partial charge in [0.2, 0.25) is 0 Å². The van der Waals surface area contributed by atoms with Crippen molar-refractivity contribution in [2.24, 2.45) is 5.92 Å². The third-order valence-corrected chi connectivity index (χ3v) is 5.49. The monoisotopic (exact) mass is 352 g/mol. The normalized spacial score (nSPS) is 25.1. The predicted molar refractivity (Wildman–Crippen MR) is 97.3 cm³/mol. The van der Waals surface area contributed by atoms with Crippen molar-refractivity contribution in [3.8, 4) is 0 Å². The first kappa shape index (κ1) is 15.0. The second kappa shape index (κ2) is 5.61. The summed E-state index contributed by atoms with van der Waals surface area (Å²) in [6.45, 7) is 0.815. The number of ketones is 1. The van der Waals surface area contributed by atoms with Gasteiger partial charge in [0.15, 0.2) is 5.78 Å². The Balaban J connectivity index is 1.60. The summed E-state index contributed by atoms with van der Waals surface area (Å²) in [4.78, 5) is 16.5. The molecule has 1 aromatic carbocycles. The fourth-order valence-corrected chi connectivity index (χ4v) is 4.21. The summed E-state index contributed by atoms with van der Waals surface area (Å²) in [5.41, 5.74) is 4.02. The van der Waals surface area contributed by atoms with E-state index in [1.54, 1.807) is 6.26 Å². The average molecular weight is 353 g/mol. The lowest BCUT2D eigenvalue weighted by molar-refractivity contribution is -0.120. The molecule has 2 N–H and O–H groups in total. The number of aromatic nitrogens is 1. The van der Waals surface area contributed by atoms with Crippen molar-refractivity contribution in [2.45, 2.75) is 18.9 Å². The van der Waals surface area contributed by atoms with Crippen molar-refractivity contribution in [3.05, 3.63) is 70.3 Å². The number of fused-ring (bicyclic) bond motifs is 4. The molecular formula is C20H17ClN2O2. The molecule has 1 aromatic heterocycles. The molecule has 0 bridgehead atoms. The van der Waals surface area contributed by atoms with Crippen molar-refractivity contribution in [2.75, 3.05) is 6.54 Å². The van der Waals surface area contributed by atoms with Gasteiger partial charge in [0, 0.05) is 28.2 Å². The molecule has 1 aliphatic carbocycles. The van der Waals surface area contributed by atoms with Gasteiger partial charge in [-0.25, -0.2) is 0 Å². The number of carbonyl (C=O) groups excluding carboxylic acids is 1. The van der Waals surface area contributed by atoms with Crippen LogP contribution < -0.4 is 5.32 Å². The third kappa shape index (κ3) is 2.29. The maximum atomic E-state index is 13.0. The Hall–Kier alpha value is -2.30. The minimum atomic E-state index is -0.198. The summed E-state index contributed by atoms with van der Waals surface area (Å²) >= 11 is 6.18. The molecule has 25 heavy (non-hydrogen) atoms. The zero-order chi connectivity index (χ0) is 17.0. The number of hydrogen-bond donors (Lipinski definition) is 2. The Morgan fingerprint density at radius 2 is 2.20 bits per heavy atom. The van der Waals surface area contributed by atoms with Crippen LogP contribution in [0, 0.1) is 5.92 Å². The zero-order valence-corrected chi connectivity index (χ0v) is 14.3. The quantitative estimate of drug-likeness (QED) is 0.817. The average Bonchev–Trinajstić information content (AvgIpc) is 3.00. The second-order valence-corrected chi connectivity index (χ2v) is 7.12. The minimum Gasteiger partial charge on any atom is -0.468 e. The molecule has 0 saturated carbocycles. The highest BCUT2D eigenvalue weighted by atomic mass is 35.5. The van der Waals surface area contributed by atoms with Gasteiger partial charge in [-0.15, -0.1) is 0 Å². The molecule has 4 nitrogen and oxygen atoms in total.